The average molecular weight is 878 g/mol. The van der Waals surface area contributed by atoms with Crippen molar-refractivity contribution in [1.82, 2.24) is 14.5 Å². The minimum absolute atomic E-state index is 0.0173. The topological polar surface area (TPSA) is 50.9 Å². The number of hydrogen-bond acceptors (Lipinski definition) is 3. The van der Waals surface area contributed by atoms with E-state index < -0.39 is 0 Å². The van der Waals surface area contributed by atoms with Crippen molar-refractivity contribution >= 4 is 11.0 Å². The summed E-state index contributed by atoms with van der Waals surface area (Å²) < 4.78 is 2.30. The maximum absolute atomic E-state index is 12.4. The zero-order chi connectivity index (χ0) is 47.4. The van der Waals surface area contributed by atoms with E-state index in [9.17, 15) is 5.11 Å². The molecule has 67 heavy (non-hydrogen) atoms. The number of rotatable bonds is 9. The highest BCUT2D eigenvalue weighted by Crippen LogP contribution is 2.45. The number of benzene rings is 7. The molecule has 0 spiro atoms. The van der Waals surface area contributed by atoms with Crippen LogP contribution in [0.4, 0.5) is 0 Å². The molecule has 4 heteroatoms. The Balaban J connectivity index is 1.35. The van der Waals surface area contributed by atoms with Gasteiger partial charge in [0.2, 0.25) is 0 Å². The van der Waals surface area contributed by atoms with Crippen molar-refractivity contribution in [2.75, 3.05) is 0 Å². The van der Waals surface area contributed by atoms with Gasteiger partial charge in [-0.2, -0.15) is 0 Å². The van der Waals surface area contributed by atoms with Gasteiger partial charge in [0.1, 0.15) is 11.6 Å². The maximum Gasteiger partial charge on any atom is 0.149 e. The van der Waals surface area contributed by atoms with Gasteiger partial charge in [-0.3, -0.25) is 9.55 Å². The van der Waals surface area contributed by atoms with Crippen LogP contribution in [-0.2, 0) is 10.8 Å². The van der Waals surface area contributed by atoms with Crippen molar-refractivity contribution in [3.8, 4) is 78.6 Å². The number of hydrogen-bond donors (Lipinski definition) is 1. The third-order valence-corrected chi connectivity index (χ3v) is 13.3. The molecule has 336 valence electrons. The Morgan fingerprint density at radius 3 is 1.81 bits per heavy atom. The molecule has 2 heterocycles. The van der Waals surface area contributed by atoms with Gasteiger partial charge in [-0.15, -0.1) is 0 Å². The van der Waals surface area contributed by atoms with Crippen LogP contribution in [0.15, 0.2) is 164 Å². The summed E-state index contributed by atoms with van der Waals surface area (Å²) in [5.74, 6) is 1.32. The van der Waals surface area contributed by atoms with Crippen LogP contribution in [0, 0.1) is 6.92 Å². The van der Waals surface area contributed by atoms with Gasteiger partial charge in [0, 0.05) is 22.9 Å². The van der Waals surface area contributed by atoms with Gasteiger partial charge in [0.25, 0.3) is 0 Å². The normalized spacial score (nSPS) is 12.1. The summed E-state index contributed by atoms with van der Waals surface area (Å²) in [6.07, 6.45) is 1.91. The van der Waals surface area contributed by atoms with Crippen LogP contribution in [0.5, 0.6) is 5.75 Å². The minimum atomic E-state index is -0.0857. The van der Waals surface area contributed by atoms with Crippen molar-refractivity contribution in [2.24, 2.45) is 0 Å². The number of pyridine rings is 1. The van der Waals surface area contributed by atoms with E-state index in [1.807, 2.05) is 6.20 Å². The molecule has 0 aliphatic heterocycles. The number of fused-ring (bicyclic) bond motifs is 1. The first-order valence-electron chi connectivity index (χ1n) is 23.8. The molecule has 0 radical (unpaired) electrons. The zero-order valence-electron chi connectivity index (χ0n) is 41.0. The van der Waals surface area contributed by atoms with E-state index in [1.165, 1.54) is 16.7 Å². The number of aromatic nitrogens is 3. The smallest absolute Gasteiger partial charge is 0.149 e. The number of para-hydroxylation sites is 1. The Hall–Kier alpha value is -7.04. The number of phenols is 1. The Labute approximate surface area is 398 Å². The second-order valence-corrected chi connectivity index (χ2v) is 21.0. The van der Waals surface area contributed by atoms with Crippen molar-refractivity contribution < 1.29 is 5.11 Å². The average Bonchev–Trinajstić information content (AvgIpc) is 3.70. The SMILES string of the molecule is Cc1ccc(-c2ccnc(-c3cc(-c4ccccc4)cc(-c4cccc5c4nc(-c4cc(C(C)C)cc(C(C)C)c4O)n5-c4ccc(C(C)(C)C)cc4-c4ccc(C(C)(C)C)cc4)c3)c2)cc1. The van der Waals surface area contributed by atoms with Gasteiger partial charge in [-0.05, 0) is 140 Å². The molecule has 0 fully saturated rings. The molecule has 1 N–H and O–H groups in total. The largest absolute Gasteiger partial charge is 0.507 e. The molecule has 0 saturated carbocycles. The van der Waals surface area contributed by atoms with Crippen LogP contribution in [0.25, 0.3) is 83.9 Å². The first-order chi connectivity index (χ1) is 31.9. The Morgan fingerprint density at radius 2 is 1.13 bits per heavy atom. The molecule has 0 bridgehead atoms. The lowest BCUT2D eigenvalue weighted by Crippen LogP contribution is -2.12. The summed E-state index contributed by atoms with van der Waals surface area (Å²) in [6, 6.07) is 57.1. The summed E-state index contributed by atoms with van der Waals surface area (Å²) >= 11 is 0. The highest BCUT2D eigenvalue weighted by molar-refractivity contribution is 5.98. The van der Waals surface area contributed by atoms with Gasteiger partial charge in [-0.25, -0.2) is 4.98 Å². The third kappa shape index (κ3) is 8.98. The number of imidazole rings is 1. The number of aromatic hydroxyl groups is 1. The van der Waals surface area contributed by atoms with E-state index in [-0.39, 0.29) is 28.4 Å². The quantitative estimate of drug-likeness (QED) is 0.157. The molecule has 0 atom stereocenters. The molecule has 4 nitrogen and oxygen atoms in total. The number of aryl methyl sites for hydroxylation is 1. The lowest BCUT2D eigenvalue weighted by Gasteiger charge is -2.24. The highest BCUT2D eigenvalue weighted by Gasteiger charge is 2.27. The molecule has 0 unspecified atom stereocenters. The van der Waals surface area contributed by atoms with Crippen molar-refractivity contribution in [2.45, 2.75) is 98.8 Å². The van der Waals surface area contributed by atoms with Crippen molar-refractivity contribution in [3.63, 3.8) is 0 Å². The monoisotopic (exact) mass is 877 g/mol. The number of nitrogens with zero attached hydrogens (tertiary/aromatic N) is 3. The first kappa shape index (κ1) is 45.1. The molecular formula is C63H63N3O. The summed E-state index contributed by atoms with van der Waals surface area (Å²) in [5, 5.41) is 12.4. The van der Waals surface area contributed by atoms with E-state index in [0.717, 1.165) is 89.2 Å². The summed E-state index contributed by atoms with van der Waals surface area (Å²) in [7, 11) is 0. The predicted molar refractivity (Wildman–Crippen MR) is 283 cm³/mol. The van der Waals surface area contributed by atoms with E-state index in [1.54, 1.807) is 0 Å². The van der Waals surface area contributed by atoms with Crippen LogP contribution in [0.1, 0.15) is 109 Å². The molecular weight excluding hydrogens is 815 g/mol. The fraction of sp³-hybridized carbons (Fsp3) is 0.238. The van der Waals surface area contributed by atoms with Crippen molar-refractivity contribution in [3.05, 3.63) is 192 Å². The fourth-order valence-electron chi connectivity index (χ4n) is 9.20. The Bertz CT molecular complexity index is 3250. The Morgan fingerprint density at radius 1 is 0.493 bits per heavy atom. The molecule has 0 amide bonds. The second kappa shape index (κ2) is 17.6. The maximum atomic E-state index is 12.4. The zero-order valence-corrected chi connectivity index (χ0v) is 41.0. The molecule has 2 aromatic heterocycles. The second-order valence-electron chi connectivity index (χ2n) is 21.0. The third-order valence-electron chi connectivity index (χ3n) is 13.3. The van der Waals surface area contributed by atoms with Crippen LogP contribution in [-0.4, -0.2) is 19.6 Å². The summed E-state index contributed by atoms with van der Waals surface area (Å²) in [6.45, 7) is 24.4. The summed E-state index contributed by atoms with van der Waals surface area (Å²) in [4.78, 5) is 10.7. The van der Waals surface area contributed by atoms with Crippen LogP contribution in [0.3, 0.4) is 0 Å². The number of phenolic OH excluding ortho intramolecular Hbond substituents is 1. The van der Waals surface area contributed by atoms with E-state index in [0.29, 0.717) is 5.82 Å². The summed E-state index contributed by atoms with van der Waals surface area (Å²) in [5.41, 5.74) is 20.0. The van der Waals surface area contributed by atoms with Gasteiger partial charge < -0.3 is 5.11 Å². The van der Waals surface area contributed by atoms with Crippen molar-refractivity contribution in [1.29, 1.82) is 0 Å². The highest BCUT2D eigenvalue weighted by atomic mass is 16.3. The Kier molecular flexibility index (Phi) is 11.9. The molecule has 0 saturated heterocycles. The lowest BCUT2D eigenvalue weighted by molar-refractivity contribution is 0.466. The fourth-order valence-corrected chi connectivity index (χ4v) is 9.20. The standard InChI is InChI=1S/C63H63N3O/c1-39(2)46-35-53(40(3)4)60(67)55(36-46)61-65-59-52(18-15-19-58(59)66(61)57-29-28-51(63(9,10)11)38-54(57)44-24-26-50(27-25-44)62(6,7)8)48-32-47(42-16-13-12-14-17-42)33-49(34-48)56-37-45(30-31-64-56)43-22-20-41(5)21-23-43/h12-40,67H,1-11H3. The first-order valence-corrected chi connectivity index (χ1v) is 23.8. The lowest BCUT2D eigenvalue weighted by atomic mass is 9.83. The van der Waals surface area contributed by atoms with Crippen LogP contribution in [0.2, 0.25) is 0 Å². The van der Waals surface area contributed by atoms with E-state index in [4.69, 9.17) is 9.97 Å². The van der Waals surface area contributed by atoms with Gasteiger partial charge in [0.05, 0.1) is 28.0 Å². The van der Waals surface area contributed by atoms with Gasteiger partial charge in [-0.1, -0.05) is 178 Å². The van der Waals surface area contributed by atoms with Gasteiger partial charge in [0.15, 0.2) is 0 Å². The molecule has 0 aliphatic carbocycles. The van der Waals surface area contributed by atoms with Crippen LogP contribution >= 0.6 is 0 Å². The molecule has 7 aromatic carbocycles. The van der Waals surface area contributed by atoms with E-state index in [2.05, 4.69) is 238 Å². The predicted octanol–water partition coefficient (Wildman–Crippen LogP) is 17.3. The van der Waals surface area contributed by atoms with Crippen LogP contribution < -0.4 is 0 Å². The van der Waals surface area contributed by atoms with Gasteiger partial charge >= 0.3 is 0 Å². The minimum Gasteiger partial charge on any atom is -0.507 e. The molecule has 9 aromatic rings. The van der Waals surface area contributed by atoms with E-state index >= 15 is 0 Å². The molecule has 0 aliphatic rings. The molecule has 9 rings (SSSR count).